The second-order valence-electron chi connectivity index (χ2n) is 5.10. The van der Waals surface area contributed by atoms with Crippen molar-refractivity contribution in [3.8, 4) is 0 Å². The third kappa shape index (κ3) is 5.03. The van der Waals surface area contributed by atoms with E-state index >= 15 is 0 Å². The topological polar surface area (TPSA) is 66.4 Å². The summed E-state index contributed by atoms with van der Waals surface area (Å²) in [6.07, 6.45) is 0.469. The van der Waals surface area contributed by atoms with Crippen molar-refractivity contribution in [1.29, 1.82) is 0 Å². The number of benzene rings is 2. The first kappa shape index (κ1) is 18.4. The van der Waals surface area contributed by atoms with Crippen LogP contribution in [0.3, 0.4) is 0 Å². The van der Waals surface area contributed by atoms with Gasteiger partial charge in [-0.3, -0.25) is 4.79 Å². The van der Waals surface area contributed by atoms with E-state index in [1.165, 1.54) is 0 Å². The van der Waals surface area contributed by atoms with Crippen LogP contribution in [0.5, 0.6) is 0 Å². The zero-order chi connectivity index (χ0) is 17.4. The Bertz CT molecular complexity index is 720. The maximum atomic E-state index is 12.5. The molecule has 6 heteroatoms. The Hall–Kier alpha value is -1.95. The molecule has 126 valence electrons. The lowest BCUT2D eigenvalue weighted by Gasteiger charge is -2.17. The molecule has 0 bridgehead atoms. The van der Waals surface area contributed by atoms with Gasteiger partial charge in [0.25, 0.3) is 5.91 Å². The average Bonchev–Trinajstić information content (AvgIpc) is 2.63. The molecule has 2 N–H and O–H groups in total. The summed E-state index contributed by atoms with van der Waals surface area (Å²) in [4.78, 5) is 12.8. The molecular formula is C18H18ClNO3S. The van der Waals surface area contributed by atoms with Crippen LogP contribution in [-0.4, -0.2) is 27.9 Å². The van der Waals surface area contributed by atoms with E-state index in [9.17, 15) is 14.1 Å². The summed E-state index contributed by atoms with van der Waals surface area (Å²) in [6, 6.07) is 17.6. The van der Waals surface area contributed by atoms with Crippen molar-refractivity contribution < 1.29 is 14.1 Å². The van der Waals surface area contributed by atoms with Gasteiger partial charge in [0.2, 0.25) is 0 Å². The fourth-order valence-corrected chi connectivity index (χ4v) is 3.47. The zero-order valence-electron chi connectivity index (χ0n) is 12.9. The summed E-state index contributed by atoms with van der Waals surface area (Å²) < 4.78 is 12.5. The second-order valence-corrected chi connectivity index (χ2v) is 6.76. The monoisotopic (exact) mass is 363 g/mol. The van der Waals surface area contributed by atoms with Gasteiger partial charge in [-0.25, -0.2) is 4.21 Å². The Balaban J connectivity index is 2.06. The van der Waals surface area contributed by atoms with Crippen LogP contribution >= 0.6 is 11.6 Å². The fourth-order valence-electron chi connectivity index (χ4n) is 2.16. The van der Waals surface area contributed by atoms with Crippen molar-refractivity contribution in [2.75, 3.05) is 6.61 Å². The molecule has 4 nitrogen and oxygen atoms in total. The van der Waals surface area contributed by atoms with Crippen LogP contribution < -0.4 is 5.32 Å². The lowest BCUT2D eigenvalue weighted by Crippen LogP contribution is -2.40. The van der Waals surface area contributed by atoms with Gasteiger partial charge in [-0.1, -0.05) is 60.1 Å². The van der Waals surface area contributed by atoms with E-state index in [1.807, 2.05) is 30.3 Å². The van der Waals surface area contributed by atoms with Gasteiger partial charge in [0.1, 0.15) is 4.91 Å². The summed E-state index contributed by atoms with van der Waals surface area (Å²) in [5.41, 5.74) is 2.01. The molecule has 0 heterocycles. The largest absolute Gasteiger partial charge is 0.394 e. The van der Waals surface area contributed by atoms with Crippen molar-refractivity contribution in [1.82, 2.24) is 5.32 Å². The number of amides is 1. The molecule has 0 fully saturated rings. The lowest BCUT2D eigenvalue weighted by atomic mass is 10.1. The number of nitrogens with one attached hydrogen (secondary N) is 1. The summed E-state index contributed by atoms with van der Waals surface area (Å²) in [6.45, 7) is -0.228. The number of hydrogen-bond donors (Lipinski definition) is 2. The van der Waals surface area contributed by atoms with E-state index in [2.05, 4.69) is 5.32 Å². The fraction of sp³-hybridized carbons (Fsp3) is 0.167. The first-order valence-corrected chi connectivity index (χ1v) is 8.97. The number of carbonyl (C=O) groups is 1. The minimum Gasteiger partial charge on any atom is -0.394 e. The van der Waals surface area contributed by atoms with Gasteiger partial charge >= 0.3 is 0 Å². The molecule has 0 aromatic heterocycles. The number of aliphatic hydroxyl groups excluding tert-OH is 1. The molecule has 1 unspecified atom stereocenters. The number of hydrogen-bond acceptors (Lipinski definition) is 3. The quantitative estimate of drug-likeness (QED) is 0.743. The predicted molar refractivity (Wildman–Crippen MR) is 95.9 cm³/mol. The van der Waals surface area contributed by atoms with Crippen molar-refractivity contribution in [3.63, 3.8) is 0 Å². The maximum Gasteiger partial charge on any atom is 0.261 e. The SMILES string of the molecule is O=C(N[C@H](CO)Cc1ccccc1)/C(=C/Cl)S(=O)c1ccccc1. The molecule has 1 amide bonds. The maximum absolute atomic E-state index is 12.5. The van der Waals surface area contributed by atoms with Gasteiger partial charge in [-0.2, -0.15) is 0 Å². The minimum atomic E-state index is -1.68. The zero-order valence-corrected chi connectivity index (χ0v) is 14.5. The second kappa shape index (κ2) is 9.37. The molecule has 0 aliphatic heterocycles. The third-order valence-corrected chi connectivity index (χ3v) is 5.11. The highest BCUT2D eigenvalue weighted by Gasteiger charge is 2.21. The van der Waals surface area contributed by atoms with Gasteiger partial charge in [0.15, 0.2) is 0 Å². The Morgan fingerprint density at radius 1 is 1.12 bits per heavy atom. The summed E-state index contributed by atoms with van der Waals surface area (Å²) >= 11 is 5.72. The molecule has 0 radical (unpaired) electrons. The molecular weight excluding hydrogens is 346 g/mol. The third-order valence-electron chi connectivity index (χ3n) is 3.36. The molecule has 2 aromatic rings. The molecule has 0 aliphatic rings. The average molecular weight is 364 g/mol. The van der Waals surface area contributed by atoms with E-state index in [0.29, 0.717) is 11.3 Å². The molecule has 0 saturated heterocycles. The number of carbonyl (C=O) groups excluding carboxylic acids is 1. The van der Waals surface area contributed by atoms with Gasteiger partial charge in [0.05, 0.1) is 23.4 Å². The molecule has 0 aliphatic carbocycles. The van der Waals surface area contributed by atoms with Gasteiger partial charge in [-0.05, 0) is 24.1 Å². The van der Waals surface area contributed by atoms with Gasteiger partial charge in [-0.15, -0.1) is 0 Å². The van der Waals surface area contributed by atoms with Gasteiger partial charge in [0, 0.05) is 10.4 Å². The van der Waals surface area contributed by atoms with Crippen molar-refractivity contribution in [2.45, 2.75) is 17.4 Å². The minimum absolute atomic E-state index is 0.0469. The number of halogens is 1. The highest BCUT2D eigenvalue weighted by Crippen LogP contribution is 2.16. The van der Waals surface area contributed by atoms with Crippen LogP contribution in [0.2, 0.25) is 0 Å². The van der Waals surface area contributed by atoms with E-state index in [-0.39, 0.29) is 11.5 Å². The highest BCUT2D eigenvalue weighted by molar-refractivity contribution is 7.90. The molecule has 2 rings (SSSR count). The van der Waals surface area contributed by atoms with E-state index < -0.39 is 22.7 Å². The summed E-state index contributed by atoms with van der Waals surface area (Å²) in [7, 11) is -1.68. The summed E-state index contributed by atoms with van der Waals surface area (Å²) in [5, 5.41) is 12.2. The Morgan fingerprint density at radius 2 is 1.71 bits per heavy atom. The first-order valence-electron chi connectivity index (χ1n) is 7.38. The normalized spacial score (nSPS) is 14.0. The van der Waals surface area contributed by atoms with Crippen molar-refractivity contribution in [2.24, 2.45) is 0 Å². The number of aliphatic hydroxyl groups is 1. The van der Waals surface area contributed by atoms with Crippen LogP contribution in [0.25, 0.3) is 0 Å². The van der Waals surface area contributed by atoms with Crippen LogP contribution in [0.15, 0.2) is 76.0 Å². The van der Waals surface area contributed by atoms with Crippen LogP contribution in [0.1, 0.15) is 5.56 Å². The molecule has 2 aromatic carbocycles. The van der Waals surface area contributed by atoms with Gasteiger partial charge < -0.3 is 10.4 Å². The van der Waals surface area contributed by atoms with Crippen molar-refractivity contribution >= 4 is 28.3 Å². The summed E-state index contributed by atoms with van der Waals surface area (Å²) in [5.74, 6) is -0.554. The van der Waals surface area contributed by atoms with E-state index in [4.69, 9.17) is 11.6 Å². The standard InChI is InChI=1S/C18H18ClNO3S/c19-12-17(24(23)16-9-5-2-6-10-16)18(22)20-15(13-21)11-14-7-3-1-4-8-14/h1-10,12,15,21H,11,13H2,(H,20,22)/b17-12-/t15-,24?/m0/s1. The number of rotatable bonds is 7. The Kier molecular flexibility index (Phi) is 7.18. The van der Waals surface area contributed by atoms with E-state index in [1.54, 1.807) is 30.3 Å². The molecule has 0 spiro atoms. The first-order chi connectivity index (χ1) is 11.7. The van der Waals surface area contributed by atoms with Crippen LogP contribution in [0.4, 0.5) is 0 Å². The molecule has 24 heavy (non-hydrogen) atoms. The lowest BCUT2D eigenvalue weighted by molar-refractivity contribution is -0.117. The highest BCUT2D eigenvalue weighted by atomic mass is 35.5. The predicted octanol–water partition coefficient (Wildman–Crippen LogP) is 2.59. The molecule has 2 atom stereocenters. The smallest absolute Gasteiger partial charge is 0.261 e. The van der Waals surface area contributed by atoms with Crippen molar-refractivity contribution in [3.05, 3.63) is 76.7 Å². The van der Waals surface area contributed by atoms with Crippen LogP contribution in [0, 0.1) is 0 Å². The molecule has 0 saturated carbocycles. The Morgan fingerprint density at radius 3 is 2.25 bits per heavy atom. The van der Waals surface area contributed by atoms with Crippen LogP contribution in [-0.2, 0) is 22.0 Å². The Labute approximate surface area is 148 Å². The van der Waals surface area contributed by atoms with E-state index in [0.717, 1.165) is 11.1 Å².